The molecular formula is C12H24O16P2. The third-order valence-electron chi connectivity index (χ3n) is 4.61. The topological polar surface area (TPSA) is 273 Å². The second-order valence-electron chi connectivity index (χ2n) is 7.03. The van der Waals surface area contributed by atoms with Crippen molar-refractivity contribution in [2.24, 2.45) is 0 Å². The van der Waals surface area contributed by atoms with E-state index in [1.165, 1.54) is 0 Å². The van der Waals surface area contributed by atoms with Gasteiger partial charge in [0.1, 0.15) is 25.4 Å². The molecule has 0 bridgehead atoms. The average Bonchev–Trinajstić information content (AvgIpc) is 2.59. The summed E-state index contributed by atoms with van der Waals surface area (Å²) in [6, 6.07) is 0. The number of hydrogen-bond acceptors (Lipinski definition) is 12. The quantitative estimate of drug-likeness (QED) is 0.152. The number of aliphatic hydroxyl groups is 6. The summed E-state index contributed by atoms with van der Waals surface area (Å²) in [5.41, 5.74) is 0. The minimum absolute atomic E-state index is 0.470. The Hall–Kier alpha value is -0.100. The minimum Gasteiger partial charge on any atom is -0.390 e. The molecule has 0 radical (unpaired) electrons. The predicted molar refractivity (Wildman–Crippen MR) is 88.9 cm³/mol. The number of ether oxygens (including phenoxy) is 2. The van der Waals surface area contributed by atoms with Crippen molar-refractivity contribution in [3.05, 3.63) is 0 Å². The predicted octanol–water partition coefficient (Wildman–Crippen LogP) is -4.40. The minimum atomic E-state index is -5.10. The van der Waals surface area contributed by atoms with E-state index in [9.17, 15) is 39.8 Å². The van der Waals surface area contributed by atoms with Crippen molar-refractivity contribution in [1.29, 1.82) is 0 Å². The fraction of sp³-hybridized carbons (Fsp3) is 1.00. The van der Waals surface area contributed by atoms with Crippen LogP contribution in [0.3, 0.4) is 0 Å². The second-order valence-corrected chi connectivity index (χ2v) is 9.50. The van der Waals surface area contributed by atoms with Crippen molar-refractivity contribution in [1.82, 2.24) is 0 Å². The molecule has 0 aliphatic carbocycles. The van der Waals surface area contributed by atoms with Gasteiger partial charge in [-0.1, -0.05) is 0 Å². The van der Waals surface area contributed by atoms with Gasteiger partial charge >= 0.3 is 15.6 Å². The number of phosphoric ester groups is 2. The van der Waals surface area contributed by atoms with Gasteiger partial charge in [0.25, 0.3) is 0 Å². The lowest BCUT2D eigenvalue weighted by molar-refractivity contribution is -0.381. The van der Waals surface area contributed by atoms with Crippen LogP contribution in [0.1, 0.15) is 12.8 Å². The van der Waals surface area contributed by atoms with Crippen LogP contribution in [-0.2, 0) is 27.7 Å². The van der Waals surface area contributed by atoms with Gasteiger partial charge in [-0.05, 0) is 0 Å². The van der Waals surface area contributed by atoms with Crippen LogP contribution < -0.4 is 0 Å². The van der Waals surface area contributed by atoms with E-state index in [4.69, 9.17) is 29.0 Å². The standard InChI is InChI=1S/C12H24O16P2/c13-5-1-7(27-11(17,9(5)15)3-25-29(19,20)21)8-2-6(14)10(16)12(18,28-8)4-26-30(22,23)24/h5-10,13-18H,1-4H2,(H2,19,20,21)(H2,22,23,24)/t5-,6-,7-,8+,9+,10+,11-,12+/m1/s1. The van der Waals surface area contributed by atoms with Gasteiger partial charge in [-0.2, -0.15) is 0 Å². The van der Waals surface area contributed by atoms with E-state index in [0.717, 1.165) is 0 Å². The Balaban J connectivity index is 2.19. The van der Waals surface area contributed by atoms with Crippen LogP contribution in [-0.4, -0.2) is 112 Å². The van der Waals surface area contributed by atoms with Gasteiger partial charge in [-0.25, -0.2) is 9.13 Å². The van der Waals surface area contributed by atoms with Crippen LogP contribution in [0.5, 0.6) is 0 Å². The zero-order chi connectivity index (χ0) is 23.1. The first kappa shape index (κ1) is 26.2. The van der Waals surface area contributed by atoms with Crippen LogP contribution >= 0.6 is 15.6 Å². The molecule has 2 saturated heterocycles. The normalized spacial score (nSPS) is 43.5. The Kier molecular flexibility index (Phi) is 7.88. The van der Waals surface area contributed by atoms with Gasteiger partial charge < -0.3 is 59.7 Å². The highest BCUT2D eigenvalue weighted by Crippen LogP contribution is 2.42. The highest BCUT2D eigenvalue weighted by atomic mass is 31.2. The van der Waals surface area contributed by atoms with Gasteiger partial charge in [-0.15, -0.1) is 0 Å². The molecule has 0 aromatic heterocycles. The van der Waals surface area contributed by atoms with Crippen molar-refractivity contribution in [2.75, 3.05) is 13.2 Å². The zero-order valence-corrected chi connectivity index (χ0v) is 16.9. The monoisotopic (exact) mass is 486 g/mol. The van der Waals surface area contributed by atoms with E-state index in [1.807, 2.05) is 0 Å². The van der Waals surface area contributed by atoms with Crippen LogP contribution in [0.15, 0.2) is 0 Å². The summed E-state index contributed by atoms with van der Waals surface area (Å²) in [6.07, 6.45) is -11.4. The van der Waals surface area contributed by atoms with Crippen LogP contribution in [0, 0.1) is 0 Å². The summed E-state index contributed by atoms with van der Waals surface area (Å²) < 4.78 is 40.3. The first-order valence-electron chi connectivity index (χ1n) is 8.38. The third kappa shape index (κ3) is 6.46. The van der Waals surface area contributed by atoms with Crippen molar-refractivity contribution >= 4 is 15.6 Å². The molecule has 2 aliphatic heterocycles. The lowest BCUT2D eigenvalue weighted by Gasteiger charge is -2.49. The molecule has 0 amide bonds. The van der Waals surface area contributed by atoms with E-state index in [-0.39, 0.29) is 0 Å². The maximum Gasteiger partial charge on any atom is 0.469 e. The number of phosphoric acid groups is 2. The maximum absolute atomic E-state index is 10.9. The highest BCUT2D eigenvalue weighted by Gasteiger charge is 2.56. The Morgan fingerprint density at radius 3 is 1.30 bits per heavy atom. The van der Waals surface area contributed by atoms with E-state index >= 15 is 0 Å². The molecule has 16 nitrogen and oxygen atoms in total. The maximum atomic E-state index is 10.9. The molecule has 2 rings (SSSR count). The molecule has 0 spiro atoms. The van der Waals surface area contributed by atoms with Crippen LogP contribution in [0.4, 0.5) is 0 Å². The van der Waals surface area contributed by atoms with E-state index < -0.39 is 89.9 Å². The molecule has 0 aromatic rings. The lowest BCUT2D eigenvalue weighted by Crippen LogP contribution is -2.66. The molecule has 10 N–H and O–H groups in total. The molecule has 2 heterocycles. The fourth-order valence-corrected chi connectivity index (χ4v) is 3.85. The lowest BCUT2D eigenvalue weighted by atomic mass is 9.87. The van der Waals surface area contributed by atoms with Crippen molar-refractivity contribution < 1.29 is 77.9 Å². The van der Waals surface area contributed by atoms with Gasteiger partial charge in [0.15, 0.2) is 0 Å². The van der Waals surface area contributed by atoms with Crippen LogP contribution in [0.25, 0.3) is 0 Å². The van der Waals surface area contributed by atoms with Crippen LogP contribution in [0.2, 0.25) is 0 Å². The SMILES string of the molecule is O=P(O)(O)OC[C@@]1(O)O[C@@H]([C@@H]2C[C@@H](O)[C@H](O)[C@](O)(COP(=O)(O)O)O2)C[C@@H](O)[C@@H]1O. The fourth-order valence-electron chi connectivity index (χ4n) is 3.14. The summed E-state index contributed by atoms with van der Waals surface area (Å²) in [5, 5.41) is 60.6. The summed E-state index contributed by atoms with van der Waals surface area (Å²) >= 11 is 0. The molecule has 0 unspecified atom stereocenters. The molecule has 8 atom stereocenters. The van der Waals surface area contributed by atoms with Gasteiger partial charge in [-0.3, -0.25) is 9.05 Å². The summed E-state index contributed by atoms with van der Waals surface area (Å²) in [5.74, 6) is -5.68. The summed E-state index contributed by atoms with van der Waals surface area (Å²) in [4.78, 5) is 35.1. The Labute approximate surface area is 168 Å². The molecule has 0 saturated carbocycles. The highest BCUT2D eigenvalue weighted by molar-refractivity contribution is 7.46. The molecule has 2 aliphatic rings. The average molecular weight is 486 g/mol. The van der Waals surface area contributed by atoms with Crippen molar-refractivity contribution in [3.63, 3.8) is 0 Å². The molecule has 178 valence electrons. The first-order valence-corrected chi connectivity index (χ1v) is 11.4. The molecule has 18 heteroatoms. The van der Waals surface area contributed by atoms with Crippen molar-refractivity contribution in [2.45, 2.75) is 61.0 Å². The Morgan fingerprint density at radius 1 is 0.733 bits per heavy atom. The zero-order valence-electron chi connectivity index (χ0n) is 15.1. The summed E-state index contributed by atoms with van der Waals surface area (Å²) in [7, 11) is -10.2. The molecule has 2 fully saturated rings. The number of aliphatic hydroxyl groups excluding tert-OH is 4. The van der Waals surface area contributed by atoms with E-state index in [1.54, 1.807) is 0 Å². The second kappa shape index (κ2) is 9.03. The smallest absolute Gasteiger partial charge is 0.390 e. The first-order chi connectivity index (χ1) is 13.5. The number of hydrogen-bond donors (Lipinski definition) is 10. The van der Waals surface area contributed by atoms with Crippen molar-refractivity contribution in [3.8, 4) is 0 Å². The van der Waals surface area contributed by atoms with Gasteiger partial charge in [0, 0.05) is 12.8 Å². The third-order valence-corrected chi connectivity index (χ3v) is 5.54. The number of rotatable bonds is 7. The van der Waals surface area contributed by atoms with E-state index in [0.29, 0.717) is 0 Å². The summed E-state index contributed by atoms with van der Waals surface area (Å²) in [6.45, 7) is -2.56. The molecular weight excluding hydrogens is 462 g/mol. The Morgan fingerprint density at radius 2 is 1.03 bits per heavy atom. The van der Waals surface area contributed by atoms with E-state index in [2.05, 4.69) is 9.05 Å². The molecule has 0 aromatic carbocycles. The van der Waals surface area contributed by atoms with Gasteiger partial charge in [0.05, 0.1) is 24.4 Å². The molecule has 30 heavy (non-hydrogen) atoms. The Bertz CT molecular complexity index is 636. The van der Waals surface area contributed by atoms with Gasteiger partial charge in [0.2, 0.25) is 11.6 Å². The largest absolute Gasteiger partial charge is 0.469 e.